The Morgan fingerprint density at radius 2 is 1.73 bits per heavy atom. The number of hydrogen-bond donors (Lipinski definition) is 0. The molecule has 1 aliphatic heterocycles. The zero-order valence-electron chi connectivity index (χ0n) is 12.1. The van der Waals surface area contributed by atoms with Crippen LogP contribution >= 0.6 is 27.7 Å². The molecule has 0 saturated carbocycles. The minimum absolute atomic E-state index is 0.153. The molecule has 1 atom stereocenters. The number of aryl methyl sites for hydroxylation is 1. The van der Waals surface area contributed by atoms with E-state index in [0.29, 0.717) is 11.4 Å². The number of rotatable bonds is 3. The van der Waals surface area contributed by atoms with Crippen LogP contribution in [-0.4, -0.2) is 25.0 Å². The van der Waals surface area contributed by atoms with Gasteiger partial charge in [-0.3, -0.25) is 0 Å². The number of nitrogens with zero attached hydrogens (tertiary/aromatic N) is 1. The van der Waals surface area contributed by atoms with E-state index in [1.807, 2.05) is 43.3 Å². The van der Waals surface area contributed by atoms with Crippen molar-refractivity contribution >= 4 is 37.7 Å². The Labute approximate surface area is 143 Å². The van der Waals surface area contributed by atoms with Crippen molar-refractivity contribution < 1.29 is 8.42 Å². The molecule has 3 nitrogen and oxygen atoms in total. The van der Waals surface area contributed by atoms with E-state index < -0.39 is 10.0 Å². The second-order valence-corrected chi connectivity index (χ2v) is 9.20. The number of sulfonamides is 1. The maximum Gasteiger partial charge on any atom is 0.244 e. The van der Waals surface area contributed by atoms with Gasteiger partial charge in [0.25, 0.3) is 0 Å². The maximum absolute atomic E-state index is 12.9. The van der Waals surface area contributed by atoms with Crippen molar-refractivity contribution in [1.29, 1.82) is 0 Å². The second kappa shape index (κ2) is 6.35. The van der Waals surface area contributed by atoms with E-state index in [1.54, 1.807) is 28.2 Å². The first-order valence-corrected chi connectivity index (χ1v) is 10.2. The molecule has 0 bridgehead atoms. The van der Waals surface area contributed by atoms with Crippen molar-refractivity contribution in [2.75, 3.05) is 12.3 Å². The van der Waals surface area contributed by atoms with Crippen molar-refractivity contribution in [2.45, 2.75) is 17.2 Å². The van der Waals surface area contributed by atoms with Gasteiger partial charge in [-0.2, -0.15) is 4.31 Å². The molecule has 116 valence electrons. The van der Waals surface area contributed by atoms with Gasteiger partial charge in [0, 0.05) is 16.8 Å². The lowest BCUT2D eigenvalue weighted by Gasteiger charge is -2.23. The van der Waals surface area contributed by atoms with E-state index in [-0.39, 0.29) is 5.37 Å². The quantitative estimate of drug-likeness (QED) is 0.778. The molecule has 0 amide bonds. The molecule has 0 N–H and O–H groups in total. The van der Waals surface area contributed by atoms with Gasteiger partial charge in [0.1, 0.15) is 0 Å². The second-order valence-electron chi connectivity index (χ2n) is 5.20. The molecule has 0 radical (unpaired) electrons. The Morgan fingerprint density at radius 3 is 2.36 bits per heavy atom. The highest BCUT2D eigenvalue weighted by atomic mass is 79.9. The molecule has 1 heterocycles. The summed E-state index contributed by atoms with van der Waals surface area (Å²) in [6, 6.07) is 14.9. The zero-order chi connectivity index (χ0) is 15.7. The highest BCUT2D eigenvalue weighted by molar-refractivity contribution is 9.10. The van der Waals surface area contributed by atoms with Gasteiger partial charge in [-0.1, -0.05) is 45.8 Å². The Bertz CT molecular complexity index is 758. The standard InChI is InChI=1S/C16H16BrNO2S2/c1-12-2-8-15(9-3-12)22(19,20)18-10-11-21-16(18)13-4-6-14(17)7-5-13/h2-9,16H,10-11H2,1H3/t16-/m0/s1. The van der Waals surface area contributed by atoms with E-state index in [1.165, 1.54) is 0 Å². The fourth-order valence-electron chi connectivity index (χ4n) is 2.44. The van der Waals surface area contributed by atoms with Crippen LogP contribution in [0.15, 0.2) is 57.9 Å². The van der Waals surface area contributed by atoms with Crippen LogP contribution in [0, 0.1) is 6.92 Å². The van der Waals surface area contributed by atoms with Crippen molar-refractivity contribution in [3.05, 3.63) is 64.1 Å². The average Bonchev–Trinajstić information content (AvgIpc) is 2.99. The van der Waals surface area contributed by atoms with E-state index in [0.717, 1.165) is 21.4 Å². The SMILES string of the molecule is Cc1ccc(S(=O)(=O)N2CCS[C@H]2c2ccc(Br)cc2)cc1. The first kappa shape index (κ1) is 16.1. The third kappa shape index (κ3) is 3.11. The van der Waals surface area contributed by atoms with Crippen molar-refractivity contribution in [3.63, 3.8) is 0 Å². The van der Waals surface area contributed by atoms with Gasteiger partial charge in [0.05, 0.1) is 10.3 Å². The summed E-state index contributed by atoms with van der Waals surface area (Å²) >= 11 is 5.08. The monoisotopic (exact) mass is 397 g/mol. The van der Waals surface area contributed by atoms with Crippen molar-refractivity contribution in [2.24, 2.45) is 0 Å². The summed E-state index contributed by atoms with van der Waals surface area (Å²) < 4.78 is 28.4. The molecule has 2 aromatic rings. The highest BCUT2D eigenvalue weighted by Gasteiger charge is 2.36. The summed E-state index contributed by atoms with van der Waals surface area (Å²) in [6.45, 7) is 2.49. The van der Waals surface area contributed by atoms with E-state index >= 15 is 0 Å². The smallest absolute Gasteiger partial charge is 0.207 e. The van der Waals surface area contributed by atoms with Gasteiger partial charge in [0.2, 0.25) is 10.0 Å². The fraction of sp³-hybridized carbons (Fsp3) is 0.250. The van der Waals surface area contributed by atoms with Crippen LogP contribution < -0.4 is 0 Å². The molecule has 0 aliphatic carbocycles. The van der Waals surface area contributed by atoms with Gasteiger partial charge in [-0.05, 0) is 36.8 Å². The lowest BCUT2D eigenvalue weighted by molar-refractivity contribution is 0.434. The Balaban J connectivity index is 1.95. The van der Waals surface area contributed by atoms with Crippen LogP contribution in [0.4, 0.5) is 0 Å². The summed E-state index contributed by atoms with van der Waals surface area (Å²) in [7, 11) is -3.46. The summed E-state index contributed by atoms with van der Waals surface area (Å²) in [4.78, 5) is 0.364. The van der Waals surface area contributed by atoms with Crippen molar-refractivity contribution in [3.8, 4) is 0 Å². The molecule has 3 rings (SSSR count). The van der Waals surface area contributed by atoms with Gasteiger partial charge in [-0.15, -0.1) is 11.8 Å². The summed E-state index contributed by atoms with van der Waals surface area (Å²) in [6.07, 6.45) is 0. The van der Waals surface area contributed by atoms with E-state index in [4.69, 9.17) is 0 Å². The lowest BCUT2D eigenvalue weighted by Crippen LogP contribution is -2.30. The predicted octanol–water partition coefficient (Wildman–Crippen LogP) is 4.19. The minimum atomic E-state index is -3.46. The zero-order valence-corrected chi connectivity index (χ0v) is 15.3. The Morgan fingerprint density at radius 1 is 1.09 bits per heavy atom. The molecule has 22 heavy (non-hydrogen) atoms. The normalized spacial score (nSPS) is 19.5. The highest BCUT2D eigenvalue weighted by Crippen LogP contribution is 2.41. The van der Waals surface area contributed by atoms with Crippen LogP contribution in [-0.2, 0) is 10.0 Å². The minimum Gasteiger partial charge on any atom is -0.207 e. The molecule has 1 fully saturated rings. The Hall–Kier alpha value is -0.820. The molecule has 2 aromatic carbocycles. The van der Waals surface area contributed by atoms with Gasteiger partial charge >= 0.3 is 0 Å². The number of hydrogen-bond acceptors (Lipinski definition) is 3. The summed E-state index contributed by atoms with van der Waals surface area (Å²) in [5, 5.41) is -0.153. The van der Waals surface area contributed by atoms with Crippen LogP contribution in [0.3, 0.4) is 0 Å². The van der Waals surface area contributed by atoms with E-state index in [9.17, 15) is 8.42 Å². The fourth-order valence-corrected chi connectivity index (χ4v) is 5.94. The maximum atomic E-state index is 12.9. The lowest BCUT2D eigenvalue weighted by atomic mass is 10.2. The topological polar surface area (TPSA) is 37.4 Å². The molecule has 0 unspecified atom stereocenters. The largest absolute Gasteiger partial charge is 0.244 e. The predicted molar refractivity (Wildman–Crippen MR) is 94.4 cm³/mol. The Kier molecular flexibility index (Phi) is 4.64. The third-order valence-corrected chi connectivity index (χ3v) is 7.43. The first-order valence-electron chi connectivity index (χ1n) is 6.94. The van der Waals surface area contributed by atoms with Gasteiger partial charge in [0.15, 0.2) is 0 Å². The van der Waals surface area contributed by atoms with E-state index in [2.05, 4.69) is 15.9 Å². The van der Waals surface area contributed by atoms with Gasteiger partial charge < -0.3 is 0 Å². The number of halogens is 1. The molecular formula is C16H16BrNO2S2. The molecule has 1 saturated heterocycles. The molecule has 0 spiro atoms. The number of thioether (sulfide) groups is 1. The third-order valence-electron chi connectivity index (χ3n) is 3.63. The number of benzene rings is 2. The summed E-state index contributed by atoms with van der Waals surface area (Å²) in [5.41, 5.74) is 2.07. The van der Waals surface area contributed by atoms with Crippen LogP contribution in [0.2, 0.25) is 0 Å². The van der Waals surface area contributed by atoms with Crippen LogP contribution in [0.1, 0.15) is 16.5 Å². The van der Waals surface area contributed by atoms with Crippen molar-refractivity contribution in [1.82, 2.24) is 4.31 Å². The van der Waals surface area contributed by atoms with Crippen LogP contribution in [0.25, 0.3) is 0 Å². The molecule has 0 aromatic heterocycles. The van der Waals surface area contributed by atoms with Gasteiger partial charge in [-0.25, -0.2) is 8.42 Å². The molecule has 6 heteroatoms. The first-order chi connectivity index (χ1) is 10.5. The molecular weight excluding hydrogens is 382 g/mol. The average molecular weight is 398 g/mol. The summed E-state index contributed by atoms with van der Waals surface area (Å²) in [5.74, 6) is 0.811. The van der Waals surface area contributed by atoms with Crippen LogP contribution in [0.5, 0.6) is 0 Å². The molecule has 1 aliphatic rings.